The normalized spacial score (nSPS) is 17.5. The van der Waals surface area contributed by atoms with Gasteiger partial charge >= 0.3 is 0 Å². The summed E-state index contributed by atoms with van der Waals surface area (Å²) in [7, 11) is -0.204. The van der Waals surface area contributed by atoms with E-state index >= 15 is 0 Å². The van der Waals surface area contributed by atoms with E-state index in [4.69, 9.17) is 4.74 Å². The molecule has 0 bridgehead atoms. The molecule has 0 radical (unpaired) electrons. The summed E-state index contributed by atoms with van der Waals surface area (Å²) in [5.74, 6) is -0.404. The second-order valence-corrected chi connectivity index (χ2v) is 11.3. The monoisotopic (exact) mass is 473 g/mol. The topological polar surface area (TPSA) is 81.0 Å². The Hall–Kier alpha value is -2.33. The molecule has 1 fully saturated rings. The van der Waals surface area contributed by atoms with Crippen LogP contribution < -0.4 is 4.80 Å². The van der Waals surface area contributed by atoms with Gasteiger partial charge in [-0.05, 0) is 68.1 Å². The molecule has 2 heterocycles. The SMILES string of the molecule is Cc1cc(C)c2c(c1)sc(=NC(=O)c1ccc(S(=O)(=O)N(C)CC3CCCO3)cc1)n2C. The van der Waals surface area contributed by atoms with Crippen LogP contribution in [0.1, 0.15) is 34.3 Å². The minimum absolute atomic E-state index is 0.0658. The Bertz CT molecular complexity index is 1330. The molecule has 0 aliphatic carbocycles. The van der Waals surface area contributed by atoms with Crippen LogP contribution in [-0.4, -0.2) is 49.5 Å². The van der Waals surface area contributed by atoms with E-state index in [2.05, 4.69) is 17.1 Å². The van der Waals surface area contributed by atoms with Crippen LogP contribution in [0.2, 0.25) is 0 Å². The lowest BCUT2D eigenvalue weighted by molar-refractivity contribution is 0.0979. The molecular weight excluding hydrogens is 446 g/mol. The molecule has 1 aromatic heterocycles. The third kappa shape index (κ3) is 4.43. The Morgan fingerprint density at radius 2 is 1.97 bits per heavy atom. The largest absolute Gasteiger partial charge is 0.377 e. The molecule has 0 spiro atoms. The van der Waals surface area contributed by atoms with Gasteiger partial charge in [0, 0.05) is 32.8 Å². The Labute approximate surface area is 192 Å². The van der Waals surface area contributed by atoms with E-state index in [0.29, 0.717) is 23.5 Å². The summed E-state index contributed by atoms with van der Waals surface area (Å²) in [4.78, 5) is 17.8. The molecule has 1 atom stereocenters. The Balaban J connectivity index is 1.58. The third-order valence-corrected chi connectivity index (χ3v) is 8.64. The smallest absolute Gasteiger partial charge is 0.279 e. The van der Waals surface area contributed by atoms with Gasteiger partial charge in [0.05, 0.1) is 21.2 Å². The number of amides is 1. The lowest BCUT2D eigenvalue weighted by Gasteiger charge is -2.20. The number of benzene rings is 2. The van der Waals surface area contributed by atoms with Crippen LogP contribution in [0, 0.1) is 13.8 Å². The summed E-state index contributed by atoms with van der Waals surface area (Å²) in [6.07, 6.45) is 1.75. The predicted molar refractivity (Wildman–Crippen MR) is 125 cm³/mol. The van der Waals surface area contributed by atoms with Crippen LogP contribution >= 0.6 is 11.3 Å². The first-order chi connectivity index (χ1) is 15.2. The number of hydrogen-bond donors (Lipinski definition) is 0. The molecular formula is C23H27N3O4S2. The average molecular weight is 474 g/mol. The number of aryl methyl sites for hydroxylation is 3. The van der Waals surface area contributed by atoms with Crippen molar-refractivity contribution >= 4 is 37.5 Å². The highest BCUT2D eigenvalue weighted by Crippen LogP contribution is 2.23. The van der Waals surface area contributed by atoms with Gasteiger partial charge in [-0.25, -0.2) is 8.42 Å². The number of carbonyl (C=O) groups excluding carboxylic acids is 1. The van der Waals surface area contributed by atoms with E-state index in [-0.39, 0.29) is 11.0 Å². The van der Waals surface area contributed by atoms with E-state index in [0.717, 1.165) is 34.2 Å². The number of carbonyl (C=O) groups is 1. The van der Waals surface area contributed by atoms with Gasteiger partial charge in [-0.3, -0.25) is 4.79 Å². The van der Waals surface area contributed by atoms with Crippen molar-refractivity contribution < 1.29 is 17.9 Å². The maximum Gasteiger partial charge on any atom is 0.279 e. The maximum absolute atomic E-state index is 12.9. The molecule has 1 saturated heterocycles. The summed E-state index contributed by atoms with van der Waals surface area (Å²) < 4.78 is 35.6. The van der Waals surface area contributed by atoms with Crippen molar-refractivity contribution in [2.75, 3.05) is 20.2 Å². The van der Waals surface area contributed by atoms with Crippen LogP contribution in [0.5, 0.6) is 0 Å². The molecule has 3 aromatic rings. The standard InChI is InChI=1S/C23H27N3O4S2/c1-15-12-16(2)21-20(13-15)31-23(26(21)4)24-22(27)17-7-9-19(10-8-17)32(28,29)25(3)14-18-6-5-11-30-18/h7-10,12-13,18H,5-6,11,14H2,1-4H3. The number of likely N-dealkylation sites (N-methyl/N-ethyl adjacent to an activating group) is 1. The highest BCUT2D eigenvalue weighted by Gasteiger charge is 2.26. The molecule has 1 aliphatic rings. The van der Waals surface area contributed by atoms with Crippen molar-refractivity contribution in [2.45, 2.75) is 37.7 Å². The third-order valence-electron chi connectivity index (χ3n) is 5.72. The quantitative estimate of drug-likeness (QED) is 0.569. The highest BCUT2D eigenvalue weighted by molar-refractivity contribution is 7.89. The van der Waals surface area contributed by atoms with Crippen LogP contribution in [0.25, 0.3) is 10.2 Å². The summed E-state index contributed by atoms with van der Waals surface area (Å²) in [6, 6.07) is 10.1. The predicted octanol–water partition coefficient (Wildman–Crippen LogP) is 3.40. The van der Waals surface area contributed by atoms with E-state index < -0.39 is 15.9 Å². The molecule has 1 amide bonds. The van der Waals surface area contributed by atoms with Crippen LogP contribution in [0.3, 0.4) is 0 Å². The molecule has 0 saturated carbocycles. The number of ether oxygens (including phenoxy) is 1. The molecule has 9 heteroatoms. The molecule has 7 nitrogen and oxygen atoms in total. The molecule has 170 valence electrons. The molecule has 32 heavy (non-hydrogen) atoms. The lowest BCUT2D eigenvalue weighted by Crippen LogP contribution is -2.34. The fourth-order valence-electron chi connectivity index (χ4n) is 4.06. The van der Waals surface area contributed by atoms with Gasteiger partial charge in [0.15, 0.2) is 4.80 Å². The van der Waals surface area contributed by atoms with Crippen LogP contribution in [0.15, 0.2) is 46.3 Å². The minimum atomic E-state index is -3.65. The van der Waals surface area contributed by atoms with Crippen molar-refractivity contribution in [3.8, 4) is 0 Å². The second-order valence-electron chi connectivity index (χ2n) is 8.23. The maximum atomic E-state index is 12.9. The van der Waals surface area contributed by atoms with Gasteiger partial charge in [-0.15, -0.1) is 0 Å². The number of fused-ring (bicyclic) bond motifs is 1. The summed E-state index contributed by atoms with van der Waals surface area (Å²) in [6.45, 7) is 5.08. The first-order valence-corrected chi connectivity index (χ1v) is 12.8. The van der Waals surface area contributed by atoms with Gasteiger partial charge < -0.3 is 9.30 Å². The van der Waals surface area contributed by atoms with E-state index in [1.54, 1.807) is 7.05 Å². The number of rotatable bonds is 5. The van der Waals surface area contributed by atoms with Gasteiger partial charge in [0.2, 0.25) is 10.0 Å². The summed E-state index contributed by atoms with van der Waals surface area (Å²) in [5.41, 5.74) is 3.70. The Morgan fingerprint density at radius 1 is 1.25 bits per heavy atom. The van der Waals surface area contributed by atoms with Crippen molar-refractivity contribution in [3.05, 3.63) is 57.9 Å². The number of aromatic nitrogens is 1. The van der Waals surface area contributed by atoms with E-state index in [9.17, 15) is 13.2 Å². The first kappa shape index (κ1) is 22.8. The molecule has 0 N–H and O–H groups in total. The Kier molecular flexibility index (Phi) is 6.35. The van der Waals surface area contributed by atoms with Gasteiger partial charge in [-0.1, -0.05) is 17.4 Å². The zero-order chi connectivity index (χ0) is 23.0. The number of hydrogen-bond acceptors (Lipinski definition) is 5. The Morgan fingerprint density at radius 3 is 2.62 bits per heavy atom. The van der Waals surface area contributed by atoms with Gasteiger partial charge in [0.1, 0.15) is 0 Å². The number of thiazole rings is 1. The molecule has 1 unspecified atom stereocenters. The average Bonchev–Trinajstić information content (AvgIpc) is 3.36. The van der Waals surface area contributed by atoms with Crippen molar-refractivity contribution in [2.24, 2.45) is 12.0 Å². The van der Waals surface area contributed by atoms with Crippen LogP contribution in [0.4, 0.5) is 0 Å². The summed E-state index contributed by atoms with van der Waals surface area (Å²) in [5, 5.41) is 0. The summed E-state index contributed by atoms with van der Waals surface area (Å²) >= 11 is 1.46. The number of sulfonamides is 1. The zero-order valence-corrected chi connectivity index (χ0v) is 20.3. The van der Waals surface area contributed by atoms with Gasteiger partial charge in [-0.2, -0.15) is 9.30 Å². The highest BCUT2D eigenvalue weighted by atomic mass is 32.2. The van der Waals surface area contributed by atoms with Crippen molar-refractivity contribution in [1.82, 2.24) is 8.87 Å². The molecule has 1 aliphatic heterocycles. The number of nitrogens with zero attached hydrogens (tertiary/aromatic N) is 3. The first-order valence-electron chi connectivity index (χ1n) is 10.5. The lowest BCUT2D eigenvalue weighted by atomic mass is 10.1. The fourth-order valence-corrected chi connectivity index (χ4v) is 6.46. The van der Waals surface area contributed by atoms with E-state index in [1.165, 1.54) is 39.9 Å². The zero-order valence-electron chi connectivity index (χ0n) is 18.7. The van der Waals surface area contributed by atoms with Crippen LogP contribution in [-0.2, 0) is 21.8 Å². The van der Waals surface area contributed by atoms with Gasteiger partial charge in [0.25, 0.3) is 5.91 Å². The minimum Gasteiger partial charge on any atom is -0.377 e. The van der Waals surface area contributed by atoms with Crippen molar-refractivity contribution in [3.63, 3.8) is 0 Å². The molecule has 4 rings (SSSR count). The molecule has 2 aromatic carbocycles. The second kappa shape index (κ2) is 8.90. The van der Waals surface area contributed by atoms with Crippen molar-refractivity contribution in [1.29, 1.82) is 0 Å². The van der Waals surface area contributed by atoms with E-state index in [1.807, 2.05) is 25.5 Å². The fraction of sp³-hybridized carbons (Fsp3) is 0.391.